The number of amides is 2. The van der Waals surface area contributed by atoms with Crippen LogP contribution in [0.15, 0.2) is 125 Å². The number of hydrazone groups is 1. The summed E-state index contributed by atoms with van der Waals surface area (Å²) < 4.78 is 22.4. The molecule has 6 heterocycles. The molecule has 2 amide bonds. The first kappa shape index (κ1) is 92.5. The standard InChI is InChI=1S/C19H18Cl2N6O4.C17H12Cl2N6O3.C13H13Cl2N3O.C7H9ClN2.C6H5Cl2NO.C4H2Cl2N2.2CH4/c1-4-30-19(29)25-18(28)15(8-22)27-26-11-5-12(20)17(13(21)6-11)31-16-7-14(10(2)3)23-9-24-16;1-8(2)12-6-13(22-7-21-12)28-14-10(18)4-9(5-11(14)19)25-17(27)23-16(26)15(20-3)24-25;1-7(2)11-5-12(18-6-17-11)19-13-9(14)3-8(16)4-10(13)15;1-5(2)6-3-7(8)10-4-9-6;7-4-1-3(9)2-5(8)6(4)10;5-3-1-4(6)8-2-7-3;;/h5-7,9-10,26H,4H2,1-3H3,(H,25,28,29);4-8H,1-2H3,(H,23,26,27);3-7H,16H2,1-2H3;3-5H,1-2H3;1-2,10H,9H2;1-2H;2*1H4/b27-15+;;;;;;;. The van der Waals surface area contributed by atoms with Gasteiger partial charge in [-0.25, -0.2) is 59.4 Å². The summed E-state index contributed by atoms with van der Waals surface area (Å²) in [6.07, 6.45) is 6.00. The number of hydrogen-bond donors (Lipinski definition) is 6. The van der Waals surface area contributed by atoms with Crippen molar-refractivity contribution in [3.8, 4) is 52.4 Å². The minimum absolute atomic E-state index is 0. The molecule has 10 aromatic rings. The van der Waals surface area contributed by atoms with Crippen LogP contribution < -0.4 is 47.7 Å². The smallest absolute Gasteiger partial charge is 0.414 e. The first-order valence-electron chi connectivity index (χ1n) is 30.2. The van der Waals surface area contributed by atoms with Crippen molar-refractivity contribution in [2.45, 2.75) is 101 Å². The van der Waals surface area contributed by atoms with Crippen LogP contribution in [-0.2, 0) is 9.53 Å². The third-order valence-electron chi connectivity index (χ3n) is 12.5. The minimum Gasteiger partial charge on any atom is -0.505 e. The van der Waals surface area contributed by atoms with Crippen molar-refractivity contribution in [2.75, 3.05) is 23.5 Å². The summed E-state index contributed by atoms with van der Waals surface area (Å²) in [5.41, 5.74) is 15.9. The molecule has 0 fully saturated rings. The Morgan fingerprint density at radius 2 is 0.907 bits per heavy atom. The number of nitrogen functional groups attached to an aromatic ring is 2. The zero-order valence-electron chi connectivity index (χ0n) is 56.6. The maximum atomic E-state index is 12.0. The number of nitrogens with zero attached hydrogens (tertiary/aromatic N) is 15. The topological polar surface area (TPSA) is 405 Å². The first-order chi connectivity index (χ1) is 50.1. The number of phenols is 1. The van der Waals surface area contributed by atoms with E-state index in [4.69, 9.17) is 170 Å². The molecule has 570 valence electrons. The fraction of sp³-hybridized carbons (Fsp3) is 0.235. The third kappa shape index (κ3) is 29.4. The number of phenolic OH excluding ortho intramolecular Hbond substituents is 1. The van der Waals surface area contributed by atoms with Crippen molar-refractivity contribution in [3.05, 3.63) is 221 Å². The van der Waals surface area contributed by atoms with E-state index in [9.17, 15) is 19.2 Å². The summed E-state index contributed by atoms with van der Waals surface area (Å²) >= 11 is 64.6. The van der Waals surface area contributed by atoms with Gasteiger partial charge in [-0.1, -0.05) is 204 Å². The van der Waals surface area contributed by atoms with E-state index in [1.54, 1.807) is 49.4 Å². The molecule has 6 aromatic heterocycles. The molecule has 10 rings (SSSR count). The number of nitrogens with one attached hydrogen (secondary N) is 3. The van der Waals surface area contributed by atoms with Gasteiger partial charge in [-0.15, -0.1) is 4.68 Å². The van der Waals surface area contributed by atoms with Gasteiger partial charge in [0.15, 0.2) is 23.0 Å². The molecular weight excluding hydrogens is 1630 g/mol. The lowest BCUT2D eigenvalue weighted by atomic mass is 10.1. The van der Waals surface area contributed by atoms with Crippen LogP contribution in [0.4, 0.5) is 27.7 Å². The maximum Gasteiger partial charge on any atom is 0.414 e. The van der Waals surface area contributed by atoms with Crippen LogP contribution in [0, 0.1) is 17.9 Å². The maximum absolute atomic E-state index is 12.0. The molecule has 0 spiro atoms. The summed E-state index contributed by atoms with van der Waals surface area (Å²) in [4.78, 5) is 91.3. The normalized spacial score (nSPS) is 10.4. The van der Waals surface area contributed by atoms with Crippen LogP contribution in [-0.4, -0.2) is 94.0 Å². The fourth-order valence-corrected chi connectivity index (χ4v) is 10.1. The van der Waals surface area contributed by atoms with Gasteiger partial charge in [0.1, 0.15) is 53.2 Å². The van der Waals surface area contributed by atoms with Gasteiger partial charge in [-0.3, -0.25) is 25.3 Å². The summed E-state index contributed by atoms with van der Waals surface area (Å²) in [7, 11) is 0. The Morgan fingerprint density at radius 3 is 1.25 bits per heavy atom. The number of carbonyl (C=O) groups is 2. The highest BCUT2D eigenvalue weighted by Gasteiger charge is 2.21. The van der Waals surface area contributed by atoms with E-state index < -0.39 is 34.8 Å². The van der Waals surface area contributed by atoms with Crippen molar-refractivity contribution in [2.24, 2.45) is 5.10 Å². The average Bonchev–Trinajstić information content (AvgIpc) is 0.799. The number of anilines is 3. The van der Waals surface area contributed by atoms with E-state index in [-0.39, 0.29) is 110 Å². The van der Waals surface area contributed by atoms with Gasteiger partial charge >= 0.3 is 17.6 Å². The predicted octanol–water partition coefficient (Wildman–Crippen LogP) is 19.6. The molecule has 40 heteroatoms. The fourth-order valence-electron chi connectivity index (χ4n) is 7.42. The van der Waals surface area contributed by atoms with Crippen molar-refractivity contribution in [3.63, 3.8) is 0 Å². The number of halogens is 11. The Bertz CT molecular complexity index is 4880. The largest absolute Gasteiger partial charge is 0.505 e. The zero-order valence-corrected chi connectivity index (χ0v) is 65.0. The molecule has 0 aliphatic carbocycles. The molecule has 0 aliphatic rings. The lowest BCUT2D eigenvalue weighted by Gasteiger charge is -2.12. The van der Waals surface area contributed by atoms with Crippen molar-refractivity contribution < 1.29 is 33.6 Å². The van der Waals surface area contributed by atoms with Gasteiger partial charge in [-0.05, 0) is 90.3 Å². The number of aromatic hydroxyl groups is 1. The Labute approximate surface area is 675 Å². The number of nitrogens with two attached hydrogens (primary N) is 2. The molecule has 108 heavy (non-hydrogen) atoms. The van der Waals surface area contributed by atoms with E-state index in [2.05, 4.69) is 88.9 Å². The molecule has 0 aliphatic heterocycles. The molecule has 0 bridgehead atoms. The second kappa shape index (κ2) is 45.2. The van der Waals surface area contributed by atoms with E-state index in [0.29, 0.717) is 54.4 Å². The number of aromatic amines is 1. The van der Waals surface area contributed by atoms with E-state index in [0.717, 1.165) is 27.5 Å². The quantitative estimate of drug-likeness (QED) is 0.0139. The van der Waals surface area contributed by atoms with Gasteiger partial charge < -0.3 is 40.4 Å². The average molecular weight is 1700 g/mol. The summed E-state index contributed by atoms with van der Waals surface area (Å²) in [6, 6.07) is 21.5. The van der Waals surface area contributed by atoms with Crippen molar-refractivity contribution in [1.29, 1.82) is 5.26 Å². The van der Waals surface area contributed by atoms with E-state index in [1.165, 1.54) is 74.1 Å². The van der Waals surface area contributed by atoms with Crippen LogP contribution in [0.25, 0.3) is 10.5 Å². The lowest BCUT2D eigenvalue weighted by Crippen LogP contribution is -2.36. The van der Waals surface area contributed by atoms with Crippen LogP contribution in [0.2, 0.25) is 55.6 Å². The summed E-state index contributed by atoms with van der Waals surface area (Å²) in [5, 5.41) is 30.0. The first-order valence-corrected chi connectivity index (χ1v) is 34.4. The second-order valence-corrected chi connectivity index (χ2v) is 26.2. The van der Waals surface area contributed by atoms with Crippen LogP contribution in [0.3, 0.4) is 0 Å². The Balaban J connectivity index is 0.000000357. The molecule has 0 atom stereocenters. The number of nitriles is 1. The van der Waals surface area contributed by atoms with Gasteiger partial charge in [0.25, 0.3) is 11.5 Å². The molecule has 0 radical (unpaired) electrons. The summed E-state index contributed by atoms with van der Waals surface area (Å²) in [6.45, 7) is 24.7. The number of ether oxygens (including phenoxy) is 4. The van der Waals surface area contributed by atoms with Crippen LogP contribution in [0.5, 0.6) is 40.6 Å². The lowest BCUT2D eigenvalue weighted by molar-refractivity contribution is -0.114. The molecule has 0 saturated carbocycles. The van der Waals surface area contributed by atoms with Gasteiger partial charge in [0.05, 0.1) is 75.2 Å². The van der Waals surface area contributed by atoms with Crippen molar-refractivity contribution in [1.82, 2.24) is 69.9 Å². The highest BCUT2D eigenvalue weighted by atomic mass is 35.5. The number of H-pyrrole nitrogens is 1. The molecule has 29 nitrogen and oxygen atoms in total. The second-order valence-electron chi connectivity index (χ2n) is 21.8. The molecule has 0 unspecified atom stereocenters. The predicted molar refractivity (Wildman–Crippen MR) is 424 cm³/mol. The highest BCUT2D eigenvalue weighted by Crippen LogP contribution is 2.41. The van der Waals surface area contributed by atoms with Gasteiger partial charge in [0.2, 0.25) is 23.4 Å². The number of carbonyl (C=O) groups excluding carboxylic acids is 2. The Morgan fingerprint density at radius 1 is 0.556 bits per heavy atom. The number of benzene rings is 4. The van der Waals surface area contributed by atoms with E-state index >= 15 is 0 Å². The third-order valence-corrected chi connectivity index (χ3v) is 15.4. The van der Waals surface area contributed by atoms with E-state index in [1.807, 2.05) is 51.8 Å². The SMILES string of the molecule is C.C.CC(C)c1cc(Cl)ncn1.CC(C)c1cc(Oc2c(Cl)cc(N)cc2Cl)ncn1.CCOC(=O)NC(=O)/C(C#N)=N/Nc1cc(Cl)c(Oc2cc(C(C)C)ncn2)c(Cl)c1.Clc1cc(Cl)ncn1.Nc1cc(Cl)c(O)c(Cl)c1.[C-]#[N+]c1nn(-c2cc(Cl)c(Oc3cc(C(C)C)ncn3)c(Cl)c2)c(=O)[nH]c1=O. The highest BCUT2D eigenvalue weighted by molar-refractivity contribution is 6.47. The monoisotopic (exact) mass is 1690 g/mol. The Kier molecular flexibility index (Phi) is 38.7. The number of rotatable bonds is 15. The van der Waals surface area contributed by atoms with Gasteiger partial charge in [-0.2, -0.15) is 10.4 Å². The number of imide groups is 1. The molecule has 0 saturated heterocycles. The number of alkyl carbamates (subject to hydrolysis) is 1. The number of hydrogen-bond acceptors (Lipinski definition) is 25. The van der Waals surface area contributed by atoms with Gasteiger partial charge in [0, 0.05) is 41.3 Å². The van der Waals surface area contributed by atoms with Crippen LogP contribution >= 0.6 is 128 Å². The number of aromatic nitrogens is 13. The molecule has 8 N–H and O–H groups in total. The van der Waals surface area contributed by atoms with Crippen molar-refractivity contribution >= 4 is 168 Å². The Hall–Kier alpha value is -9.73. The molecular formula is C68H67Cl11N20O9. The summed E-state index contributed by atoms with van der Waals surface area (Å²) in [5.74, 6) is 0.942. The zero-order chi connectivity index (χ0) is 78.6. The van der Waals surface area contributed by atoms with Crippen LogP contribution in [0.1, 0.15) is 124 Å². The molecule has 4 aromatic carbocycles. The minimum atomic E-state index is -1.03.